The van der Waals surface area contributed by atoms with E-state index < -0.39 is 0 Å². The number of nitriles is 1. The molecular formula is C14H8BrNOS. The highest BCUT2D eigenvalue weighted by atomic mass is 79.9. The highest BCUT2D eigenvalue weighted by molar-refractivity contribution is 9.10. The number of nitrogens with zero attached hydrogens (tertiary/aromatic N) is 1. The highest BCUT2D eigenvalue weighted by Gasteiger charge is 2.12. The third-order valence-electron chi connectivity index (χ3n) is 2.33. The van der Waals surface area contributed by atoms with Gasteiger partial charge in [0.15, 0.2) is 0 Å². The number of hydrogen-bond acceptors (Lipinski definition) is 3. The van der Waals surface area contributed by atoms with Crippen molar-refractivity contribution in [3.8, 4) is 6.07 Å². The first kappa shape index (κ1) is 12.7. The standard InChI is InChI=1S/C14H8BrNOS/c15-13-3-1-10(2-4-13)7-12(8-16)14(17)11-5-6-18-9-11/h1-7,9H/b12-7-. The maximum atomic E-state index is 12.0. The quantitative estimate of drug-likeness (QED) is 0.481. The van der Waals surface area contributed by atoms with E-state index in [0.29, 0.717) is 5.56 Å². The summed E-state index contributed by atoms with van der Waals surface area (Å²) in [5, 5.41) is 12.6. The van der Waals surface area contributed by atoms with Crippen LogP contribution >= 0.6 is 27.3 Å². The lowest BCUT2D eigenvalue weighted by Crippen LogP contribution is -1.99. The van der Waals surface area contributed by atoms with Crippen LogP contribution < -0.4 is 0 Å². The lowest BCUT2D eigenvalue weighted by atomic mass is 10.0. The van der Waals surface area contributed by atoms with E-state index in [9.17, 15) is 4.79 Å². The Morgan fingerprint density at radius 1 is 1.28 bits per heavy atom. The Kier molecular flexibility index (Phi) is 4.08. The molecule has 18 heavy (non-hydrogen) atoms. The van der Waals surface area contributed by atoms with Crippen LogP contribution in [-0.2, 0) is 0 Å². The summed E-state index contributed by atoms with van der Waals surface area (Å²) >= 11 is 4.78. The van der Waals surface area contributed by atoms with Crippen LogP contribution in [0, 0.1) is 11.3 Å². The molecule has 0 fully saturated rings. The van der Waals surface area contributed by atoms with Gasteiger partial charge < -0.3 is 0 Å². The summed E-state index contributed by atoms with van der Waals surface area (Å²) in [5.74, 6) is -0.235. The van der Waals surface area contributed by atoms with Crippen LogP contribution in [0.5, 0.6) is 0 Å². The molecule has 0 bridgehead atoms. The third-order valence-corrected chi connectivity index (χ3v) is 3.54. The molecule has 1 heterocycles. The van der Waals surface area contributed by atoms with Gasteiger partial charge >= 0.3 is 0 Å². The fourth-order valence-electron chi connectivity index (χ4n) is 1.42. The predicted octanol–water partition coefficient (Wildman–Crippen LogP) is 4.30. The number of benzene rings is 1. The zero-order valence-corrected chi connectivity index (χ0v) is 11.7. The molecule has 88 valence electrons. The van der Waals surface area contributed by atoms with Crippen molar-refractivity contribution in [2.75, 3.05) is 0 Å². The Morgan fingerprint density at radius 3 is 2.56 bits per heavy atom. The molecule has 1 aromatic carbocycles. The number of thiophene rings is 1. The smallest absolute Gasteiger partial charge is 0.204 e. The van der Waals surface area contributed by atoms with Crippen LogP contribution in [0.4, 0.5) is 0 Å². The summed E-state index contributed by atoms with van der Waals surface area (Å²) in [6, 6.07) is 11.1. The van der Waals surface area contributed by atoms with Gasteiger partial charge in [0.05, 0.1) is 0 Å². The Morgan fingerprint density at radius 2 is 2.00 bits per heavy atom. The topological polar surface area (TPSA) is 40.9 Å². The summed E-state index contributed by atoms with van der Waals surface area (Å²) in [6.45, 7) is 0. The molecule has 0 saturated carbocycles. The SMILES string of the molecule is N#C/C(=C/c1ccc(Br)cc1)C(=O)c1ccsc1. The average molecular weight is 318 g/mol. The second-order valence-electron chi connectivity index (χ2n) is 3.56. The molecule has 0 saturated heterocycles. The van der Waals surface area contributed by atoms with E-state index in [1.165, 1.54) is 11.3 Å². The van der Waals surface area contributed by atoms with Gasteiger partial charge in [-0.05, 0) is 35.2 Å². The van der Waals surface area contributed by atoms with Gasteiger partial charge in [-0.2, -0.15) is 16.6 Å². The van der Waals surface area contributed by atoms with Crippen molar-refractivity contribution in [3.63, 3.8) is 0 Å². The van der Waals surface area contributed by atoms with Crippen molar-refractivity contribution in [1.29, 1.82) is 5.26 Å². The van der Waals surface area contributed by atoms with Gasteiger partial charge in [-0.15, -0.1) is 0 Å². The van der Waals surface area contributed by atoms with Gasteiger partial charge in [0.1, 0.15) is 11.6 Å². The molecule has 4 heteroatoms. The predicted molar refractivity (Wildman–Crippen MR) is 76.4 cm³/mol. The van der Waals surface area contributed by atoms with Crippen molar-refractivity contribution < 1.29 is 4.79 Å². The number of ketones is 1. The molecule has 2 rings (SSSR count). The van der Waals surface area contributed by atoms with Crippen LogP contribution in [0.1, 0.15) is 15.9 Å². The minimum Gasteiger partial charge on any atom is -0.288 e. The zero-order chi connectivity index (χ0) is 13.0. The Hall–Kier alpha value is -1.70. The fraction of sp³-hybridized carbons (Fsp3) is 0. The average Bonchev–Trinajstić information content (AvgIpc) is 2.91. The van der Waals surface area contributed by atoms with E-state index >= 15 is 0 Å². The molecule has 0 N–H and O–H groups in total. The number of allylic oxidation sites excluding steroid dienone is 1. The molecule has 0 aliphatic heterocycles. The Labute approximate surface area is 117 Å². The maximum Gasteiger partial charge on any atom is 0.204 e. The van der Waals surface area contributed by atoms with Gasteiger partial charge in [0.25, 0.3) is 0 Å². The van der Waals surface area contributed by atoms with Gasteiger partial charge in [-0.25, -0.2) is 0 Å². The Balaban J connectivity index is 2.32. The molecule has 0 unspecified atom stereocenters. The summed E-state index contributed by atoms with van der Waals surface area (Å²) in [7, 11) is 0. The van der Waals surface area contributed by atoms with E-state index in [-0.39, 0.29) is 11.4 Å². The first-order valence-electron chi connectivity index (χ1n) is 5.15. The van der Waals surface area contributed by atoms with Crippen molar-refractivity contribution in [2.24, 2.45) is 0 Å². The zero-order valence-electron chi connectivity index (χ0n) is 9.26. The van der Waals surface area contributed by atoms with Crippen LogP contribution in [0.2, 0.25) is 0 Å². The van der Waals surface area contributed by atoms with Crippen LogP contribution in [0.3, 0.4) is 0 Å². The molecule has 2 aromatic rings. The number of hydrogen-bond donors (Lipinski definition) is 0. The van der Waals surface area contributed by atoms with Crippen LogP contribution in [-0.4, -0.2) is 5.78 Å². The molecule has 1 aromatic heterocycles. The number of rotatable bonds is 3. The largest absolute Gasteiger partial charge is 0.288 e. The van der Waals surface area contributed by atoms with Crippen molar-refractivity contribution in [3.05, 3.63) is 62.3 Å². The van der Waals surface area contributed by atoms with Gasteiger partial charge in [0, 0.05) is 15.4 Å². The fourth-order valence-corrected chi connectivity index (χ4v) is 2.32. The molecule has 0 aliphatic rings. The number of carbonyl (C=O) groups excluding carboxylic acids is 1. The molecule has 0 spiro atoms. The lowest BCUT2D eigenvalue weighted by molar-refractivity contribution is 0.104. The second kappa shape index (κ2) is 5.76. The van der Waals surface area contributed by atoms with Gasteiger partial charge in [0.2, 0.25) is 5.78 Å². The number of Topliss-reactive ketones (excluding diaryl/α,β-unsaturated/α-hetero) is 1. The molecule has 0 aliphatic carbocycles. The Bertz CT molecular complexity index is 621. The maximum absolute atomic E-state index is 12.0. The second-order valence-corrected chi connectivity index (χ2v) is 5.26. The van der Waals surface area contributed by atoms with E-state index in [2.05, 4.69) is 15.9 Å². The van der Waals surface area contributed by atoms with Crippen LogP contribution in [0.15, 0.2) is 51.1 Å². The normalized spacial score (nSPS) is 11.0. The van der Waals surface area contributed by atoms with Crippen molar-refractivity contribution in [2.45, 2.75) is 0 Å². The first-order valence-corrected chi connectivity index (χ1v) is 6.88. The van der Waals surface area contributed by atoms with Gasteiger partial charge in [-0.1, -0.05) is 28.1 Å². The van der Waals surface area contributed by atoms with E-state index in [0.717, 1.165) is 10.0 Å². The van der Waals surface area contributed by atoms with Crippen molar-refractivity contribution in [1.82, 2.24) is 0 Å². The summed E-state index contributed by atoms with van der Waals surface area (Å²) in [4.78, 5) is 12.0. The number of halogens is 1. The first-order chi connectivity index (χ1) is 8.70. The summed E-state index contributed by atoms with van der Waals surface area (Å²) < 4.78 is 0.960. The van der Waals surface area contributed by atoms with E-state index in [4.69, 9.17) is 5.26 Å². The van der Waals surface area contributed by atoms with E-state index in [1.807, 2.05) is 35.7 Å². The minimum absolute atomic E-state index is 0.149. The highest BCUT2D eigenvalue weighted by Crippen LogP contribution is 2.16. The molecular weight excluding hydrogens is 310 g/mol. The third kappa shape index (κ3) is 2.95. The molecule has 2 nitrogen and oxygen atoms in total. The summed E-state index contributed by atoms with van der Waals surface area (Å²) in [5.41, 5.74) is 1.54. The van der Waals surface area contributed by atoms with Crippen LogP contribution in [0.25, 0.3) is 6.08 Å². The monoisotopic (exact) mass is 317 g/mol. The number of carbonyl (C=O) groups is 1. The molecule has 0 atom stereocenters. The molecule has 0 radical (unpaired) electrons. The molecule has 0 amide bonds. The minimum atomic E-state index is -0.235. The van der Waals surface area contributed by atoms with E-state index in [1.54, 1.807) is 17.5 Å². The summed E-state index contributed by atoms with van der Waals surface area (Å²) in [6.07, 6.45) is 1.60. The lowest BCUT2D eigenvalue weighted by Gasteiger charge is -1.97. The van der Waals surface area contributed by atoms with Crippen molar-refractivity contribution >= 4 is 39.1 Å². The van der Waals surface area contributed by atoms with Gasteiger partial charge in [-0.3, -0.25) is 4.79 Å².